The van der Waals surface area contributed by atoms with E-state index in [2.05, 4.69) is 24.1 Å². The number of hydrogen-bond acceptors (Lipinski definition) is 2. The van der Waals surface area contributed by atoms with Gasteiger partial charge in [-0.15, -0.1) is 0 Å². The lowest BCUT2D eigenvalue weighted by Crippen LogP contribution is -2.36. The van der Waals surface area contributed by atoms with E-state index in [1.54, 1.807) is 0 Å². The number of hydrogen-bond donors (Lipinski definition) is 1. The van der Waals surface area contributed by atoms with Crippen molar-refractivity contribution in [3.63, 3.8) is 0 Å². The predicted octanol–water partition coefficient (Wildman–Crippen LogP) is 2.50. The molecule has 1 heterocycles. The van der Waals surface area contributed by atoms with Crippen LogP contribution in [0.1, 0.15) is 46.0 Å². The highest BCUT2D eigenvalue weighted by atomic mass is 15.1. The summed E-state index contributed by atoms with van der Waals surface area (Å²) >= 11 is 0. The standard InChI is InChI=1S/C13H28N2/c1-3-7-13(2)12-14-8-11-15-9-5-4-6-10-15/h13-14H,3-12H2,1-2H3/t13-/m1/s1. The predicted molar refractivity (Wildman–Crippen MR) is 67.2 cm³/mol. The molecule has 1 aliphatic rings. The van der Waals surface area contributed by atoms with Gasteiger partial charge in [-0.1, -0.05) is 26.7 Å². The Morgan fingerprint density at radius 1 is 1.20 bits per heavy atom. The first-order chi connectivity index (χ1) is 7.33. The molecule has 0 spiro atoms. The molecule has 0 aromatic carbocycles. The zero-order valence-electron chi connectivity index (χ0n) is 10.6. The molecule has 1 aliphatic heterocycles. The fourth-order valence-electron chi connectivity index (χ4n) is 2.36. The van der Waals surface area contributed by atoms with Crippen LogP contribution in [-0.4, -0.2) is 37.6 Å². The second-order valence-electron chi connectivity index (χ2n) is 5.00. The van der Waals surface area contributed by atoms with Gasteiger partial charge in [0.2, 0.25) is 0 Å². The molecule has 0 aromatic heterocycles. The van der Waals surface area contributed by atoms with Crippen molar-refractivity contribution in [3.05, 3.63) is 0 Å². The summed E-state index contributed by atoms with van der Waals surface area (Å²) in [6.45, 7) is 10.9. The fourth-order valence-corrected chi connectivity index (χ4v) is 2.36. The molecule has 0 saturated carbocycles. The summed E-state index contributed by atoms with van der Waals surface area (Å²) in [4.78, 5) is 2.60. The van der Waals surface area contributed by atoms with E-state index in [9.17, 15) is 0 Å². The zero-order valence-corrected chi connectivity index (χ0v) is 10.6. The van der Waals surface area contributed by atoms with Crippen LogP contribution in [0.4, 0.5) is 0 Å². The van der Waals surface area contributed by atoms with Crippen LogP contribution in [0.3, 0.4) is 0 Å². The summed E-state index contributed by atoms with van der Waals surface area (Å²) in [5.41, 5.74) is 0. The van der Waals surface area contributed by atoms with Crippen molar-refractivity contribution in [2.24, 2.45) is 5.92 Å². The van der Waals surface area contributed by atoms with Crippen molar-refractivity contribution >= 4 is 0 Å². The quantitative estimate of drug-likeness (QED) is 0.652. The molecule has 1 atom stereocenters. The van der Waals surface area contributed by atoms with Crippen molar-refractivity contribution in [1.82, 2.24) is 10.2 Å². The molecule has 0 unspecified atom stereocenters. The van der Waals surface area contributed by atoms with Gasteiger partial charge in [0.05, 0.1) is 0 Å². The maximum Gasteiger partial charge on any atom is 0.0107 e. The Kier molecular flexibility index (Phi) is 7.03. The molecular formula is C13H28N2. The Balaban J connectivity index is 1.91. The molecule has 0 radical (unpaired) electrons. The van der Waals surface area contributed by atoms with Crippen LogP contribution < -0.4 is 5.32 Å². The van der Waals surface area contributed by atoms with Gasteiger partial charge in [0.25, 0.3) is 0 Å². The van der Waals surface area contributed by atoms with E-state index in [-0.39, 0.29) is 0 Å². The number of nitrogens with zero attached hydrogens (tertiary/aromatic N) is 1. The van der Waals surface area contributed by atoms with Crippen LogP contribution in [0.15, 0.2) is 0 Å². The summed E-state index contributed by atoms with van der Waals surface area (Å²) in [6, 6.07) is 0. The van der Waals surface area contributed by atoms with Crippen molar-refractivity contribution in [1.29, 1.82) is 0 Å². The zero-order chi connectivity index (χ0) is 10.9. The Bertz CT molecular complexity index is 141. The second-order valence-corrected chi connectivity index (χ2v) is 5.00. The molecule has 1 N–H and O–H groups in total. The largest absolute Gasteiger partial charge is 0.315 e. The van der Waals surface area contributed by atoms with Crippen molar-refractivity contribution in [3.8, 4) is 0 Å². The van der Waals surface area contributed by atoms with E-state index in [4.69, 9.17) is 0 Å². The molecule has 0 aliphatic carbocycles. The maximum atomic E-state index is 3.58. The average Bonchev–Trinajstić information content (AvgIpc) is 2.26. The molecule has 1 rings (SSSR count). The highest BCUT2D eigenvalue weighted by Gasteiger charge is 2.08. The third kappa shape index (κ3) is 6.16. The second kappa shape index (κ2) is 8.12. The fraction of sp³-hybridized carbons (Fsp3) is 1.00. The maximum absolute atomic E-state index is 3.58. The Morgan fingerprint density at radius 2 is 1.93 bits per heavy atom. The highest BCUT2D eigenvalue weighted by molar-refractivity contribution is 4.66. The van der Waals surface area contributed by atoms with Crippen LogP contribution in [0.2, 0.25) is 0 Å². The minimum Gasteiger partial charge on any atom is -0.315 e. The Morgan fingerprint density at radius 3 is 2.60 bits per heavy atom. The van der Waals surface area contributed by atoms with Gasteiger partial charge in [-0.05, 0) is 44.8 Å². The van der Waals surface area contributed by atoms with E-state index in [1.807, 2.05) is 0 Å². The van der Waals surface area contributed by atoms with E-state index >= 15 is 0 Å². The number of nitrogens with one attached hydrogen (secondary N) is 1. The molecule has 1 saturated heterocycles. The number of piperidine rings is 1. The molecular weight excluding hydrogens is 184 g/mol. The first-order valence-electron chi connectivity index (χ1n) is 6.76. The average molecular weight is 212 g/mol. The summed E-state index contributed by atoms with van der Waals surface area (Å²) in [5.74, 6) is 0.844. The van der Waals surface area contributed by atoms with Crippen LogP contribution in [-0.2, 0) is 0 Å². The lowest BCUT2D eigenvalue weighted by atomic mass is 10.1. The van der Waals surface area contributed by atoms with Crippen molar-refractivity contribution in [2.45, 2.75) is 46.0 Å². The van der Waals surface area contributed by atoms with E-state index in [0.29, 0.717) is 0 Å². The molecule has 0 aromatic rings. The lowest BCUT2D eigenvalue weighted by Gasteiger charge is -2.26. The van der Waals surface area contributed by atoms with Gasteiger partial charge in [0.15, 0.2) is 0 Å². The number of likely N-dealkylation sites (tertiary alicyclic amines) is 1. The van der Waals surface area contributed by atoms with Gasteiger partial charge in [-0.2, -0.15) is 0 Å². The summed E-state index contributed by atoms with van der Waals surface area (Å²) in [6.07, 6.45) is 6.93. The molecule has 2 heteroatoms. The smallest absolute Gasteiger partial charge is 0.0107 e. The van der Waals surface area contributed by atoms with Crippen LogP contribution >= 0.6 is 0 Å². The monoisotopic (exact) mass is 212 g/mol. The minimum atomic E-state index is 0.844. The Hall–Kier alpha value is -0.0800. The lowest BCUT2D eigenvalue weighted by molar-refractivity contribution is 0.228. The Labute approximate surface area is 95.4 Å². The van der Waals surface area contributed by atoms with Crippen molar-refractivity contribution in [2.75, 3.05) is 32.7 Å². The first-order valence-corrected chi connectivity index (χ1v) is 6.76. The number of rotatable bonds is 7. The van der Waals surface area contributed by atoms with Gasteiger partial charge >= 0.3 is 0 Å². The normalized spacial score (nSPS) is 20.4. The van der Waals surface area contributed by atoms with Gasteiger partial charge in [0.1, 0.15) is 0 Å². The molecule has 0 amide bonds. The molecule has 0 bridgehead atoms. The van der Waals surface area contributed by atoms with Gasteiger partial charge in [-0.3, -0.25) is 0 Å². The van der Waals surface area contributed by atoms with Crippen molar-refractivity contribution < 1.29 is 0 Å². The van der Waals surface area contributed by atoms with E-state index in [0.717, 1.165) is 5.92 Å². The molecule has 90 valence electrons. The minimum absolute atomic E-state index is 0.844. The van der Waals surface area contributed by atoms with Gasteiger partial charge in [-0.25, -0.2) is 0 Å². The van der Waals surface area contributed by atoms with Crippen LogP contribution in [0, 0.1) is 5.92 Å². The summed E-state index contributed by atoms with van der Waals surface area (Å²) < 4.78 is 0. The van der Waals surface area contributed by atoms with E-state index in [1.165, 1.54) is 64.8 Å². The van der Waals surface area contributed by atoms with Crippen LogP contribution in [0.5, 0.6) is 0 Å². The SMILES string of the molecule is CCC[C@@H](C)CNCCN1CCCCC1. The summed E-state index contributed by atoms with van der Waals surface area (Å²) in [7, 11) is 0. The third-order valence-electron chi connectivity index (χ3n) is 3.33. The molecule has 15 heavy (non-hydrogen) atoms. The summed E-state index contributed by atoms with van der Waals surface area (Å²) in [5, 5.41) is 3.58. The van der Waals surface area contributed by atoms with Gasteiger partial charge in [0, 0.05) is 13.1 Å². The van der Waals surface area contributed by atoms with Gasteiger partial charge < -0.3 is 10.2 Å². The van der Waals surface area contributed by atoms with E-state index < -0.39 is 0 Å². The van der Waals surface area contributed by atoms with Crippen LogP contribution in [0.25, 0.3) is 0 Å². The molecule has 2 nitrogen and oxygen atoms in total. The molecule has 1 fully saturated rings. The highest BCUT2D eigenvalue weighted by Crippen LogP contribution is 2.07. The third-order valence-corrected chi connectivity index (χ3v) is 3.33. The first kappa shape index (κ1) is 13.0. The topological polar surface area (TPSA) is 15.3 Å².